The molecule has 0 radical (unpaired) electrons. The van der Waals surface area contributed by atoms with Crippen molar-refractivity contribution in [1.82, 2.24) is 0 Å². The number of hydrogen-bond acceptors (Lipinski definition) is 2. The van der Waals surface area contributed by atoms with Crippen molar-refractivity contribution in [2.45, 2.75) is 0 Å². The van der Waals surface area contributed by atoms with Gasteiger partial charge in [-0.3, -0.25) is 0 Å². The van der Waals surface area contributed by atoms with Gasteiger partial charge in [-0.05, 0) is 0 Å². The van der Waals surface area contributed by atoms with Crippen molar-refractivity contribution in [2.24, 2.45) is 8.73 Å². The van der Waals surface area contributed by atoms with E-state index in [9.17, 15) is 0 Å². The zero-order valence-electron chi connectivity index (χ0n) is 2.60. The molecular formula is H4Cl3N2Pd. The summed E-state index contributed by atoms with van der Waals surface area (Å²) in [6.45, 7) is 0. The fraction of sp³-hybridized carbons (Fsp3) is 0. The molecule has 0 aromatic rings. The first-order valence-electron chi connectivity index (χ1n) is 0.724. The molecule has 0 spiro atoms. The Bertz CT molecular complexity index is 42.0. The van der Waals surface area contributed by atoms with Gasteiger partial charge < -0.3 is 0 Å². The normalized spacial score (nSPS) is 19.2. The minimum absolute atomic E-state index is 3.91. The predicted molar refractivity (Wildman–Crippen MR) is 25.9 cm³/mol. The number of hydrogen-bond donors (Lipinski definition) is 2. The molecule has 0 rings (SSSR count). The van der Waals surface area contributed by atoms with E-state index in [1.165, 1.54) is 0 Å². The zero-order chi connectivity index (χ0) is 5.45. The molecule has 2 nitrogen and oxygen atoms in total. The summed E-state index contributed by atoms with van der Waals surface area (Å²) in [5.41, 5.74) is 0. The van der Waals surface area contributed by atoms with Gasteiger partial charge in [-0.25, -0.2) is 0 Å². The van der Waals surface area contributed by atoms with Gasteiger partial charge in [-0.2, -0.15) is 0 Å². The summed E-state index contributed by atoms with van der Waals surface area (Å²) < 4.78 is 9.67. The van der Waals surface area contributed by atoms with Crippen LogP contribution in [0.3, 0.4) is 0 Å². The average Bonchev–Trinajstić information content (AvgIpc) is 0.650. The van der Waals surface area contributed by atoms with Gasteiger partial charge in [0.05, 0.1) is 0 Å². The second-order valence-electron chi connectivity index (χ2n) is 0.655. The fourth-order valence-electron chi connectivity index (χ4n) is 0. The quantitative estimate of drug-likeness (QED) is 0.622. The van der Waals surface area contributed by atoms with Crippen LogP contribution in [0.5, 0.6) is 0 Å². The molecule has 6 heteroatoms. The van der Waals surface area contributed by atoms with Crippen molar-refractivity contribution >= 4 is 28.6 Å². The molecule has 45 valence electrons. The summed E-state index contributed by atoms with van der Waals surface area (Å²) in [6.07, 6.45) is 0. The third kappa shape index (κ3) is 51.2. The maximum absolute atomic E-state index is 5.03. The van der Waals surface area contributed by atoms with Gasteiger partial charge in [0.15, 0.2) is 0 Å². The molecule has 0 unspecified atom stereocenters. The monoisotopic (exact) mass is 243 g/mol. The van der Waals surface area contributed by atoms with Crippen LogP contribution in [0.4, 0.5) is 0 Å². The van der Waals surface area contributed by atoms with Gasteiger partial charge in [-0.1, -0.05) is 0 Å². The summed E-state index contributed by atoms with van der Waals surface area (Å²) in [4.78, 5) is 0. The average molecular weight is 245 g/mol. The van der Waals surface area contributed by atoms with E-state index in [0.717, 1.165) is 0 Å². The topological polar surface area (TPSA) is 52.0 Å². The Morgan fingerprint density at radius 1 is 1.00 bits per heavy atom. The fourth-order valence-corrected chi connectivity index (χ4v) is 0. The molecule has 0 aromatic carbocycles. The zero-order valence-corrected chi connectivity index (χ0v) is 6.43. The van der Waals surface area contributed by atoms with Gasteiger partial charge in [-0.15, -0.1) is 0 Å². The van der Waals surface area contributed by atoms with Crippen LogP contribution in [0, 0.1) is 0 Å². The van der Waals surface area contributed by atoms with E-state index in [-0.39, 0.29) is 0 Å². The maximum atomic E-state index is 5.03. The second-order valence-corrected chi connectivity index (χ2v) is 15.2. The predicted octanol–water partition coefficient (Wildman–Crippen LogP) is 0.885. The van der Waals surface area contributed by atoms with E-state index < -0.39 is 11.7 Å². The molecular weight excluding hydrogens is 241 g/mol. The van der Waals surface area contributed by atoms with E-state index in [0.29, 0.717) is 0 Å². The van der Waals surface area contributed by atoms with Crippen LogP contribution in [0.1, 0.15) is 0 Å². The third-order valence-electron chi connectivity index (χ3n) is 0. The van der Waals surface area contributed by atoms with Gasteiger partial charge in [0.1, 0.15) is 0 Å². The van der Waals surface area contributed by atoms with Gasteiger partial charge in [0.25, 0.3) is 0 Å². The third-order valence-corrected chi connectivity index (χ3v) is 0. The number of halogens is 3. The van der Waals surface area contributed by atoms with Crippen LogP contribution in [0.15, 0.2) is 0 Å². The van der Waals surface area contributed by atoms with Crippen molar-refractivity contribution in [2.75, 3.05) is 0 Å². The summed E-state index contributed by atoms with van der Waals surface area (Å²) in [5.74, 6) is 0. The van der Waals surface area contributed by atoms with Gasteiger partial charge in [0.2, 0.25) is 0 Å². The first kappa shape index (κ1) is 7.45. The molecule has 0 aliphatic rings. The molecule has 0 amide bonds. The minimum atomic E-state index is -3.91. The van der Waals surface area contributed by atoms with Crippen molar-refractivity contribution in [3.63, 3.8) is 0 Å². The number of rotatable bonds is 0. The van der Waals surface area contributed by atoms with Crippen molar-refractivity contribution in [1.29, 1.82) is 0 Å². The van der Waals surface area contributed by atoms with E-state index >= 15 is 0 Å². The Labute approximate surface area is 49.0 Å². The molecule has 0 saturated heterocycles. The summed E-state index contributed by atoms with van der Waals surface area (Å²) in [5, 5.41) is 0. The molecule has 0 aliphatic heterocycles. The van der Waals surface area contributed by atoms with E-state index in [4.69, 9.17) is 37.3 Å². The van der Waals surface area contributed by atoms with Gasteiger partial charge in [0, 0.05) is 0 Å². The van der Waals surface area contributed by atoms with Crippen LogP contribution >= 0.6 is 28.6 Å². The molecule has 0 aromatic heterocycles. The molecule has 0 bridgehead atoms. The van der Waals surface area contributed by atoms with Crippen LogP contribution in [0.2, 0.25) is 0 Å². The van der Waals surface area contributed by atoms with E-state index in [1.54, 1.807) is 0 Å². The Morgan fingerprint density at radius 3 is 1.00 bits per heavy atom. The Morgan fingerprint density at radius 2 is 1.00 bits per heavy atom. The Hall–Kier alpha value is 1.45. The number of nitrogens with two attached hydrogens (primary N) is 2. The van der Waals surface area contributed by atoms with Crippen LogP contribution in [-0.4, -0.2) is 0 Å². The van der Waals surface area contributed by atoms with E-state index in [2.05, 4.69) is 0 Å². The van der Waals surface area contributed by atoms with Crippen LogP contribution in [-0.2, 0) is 11.7 Å². The second kappa shape index (κ2) is 1.46. The molecule has 4 N–H and O–H groups in total. The van der Waals surface area contributed by atoms with Crippen LogP contribution < -0.4 is 8.73 Å². The summed E-state index contributed by atoms with van der Waals surface area (Å²) in [6, 6.07) is 0. The molecule has 6 heavy (non-hydrogen) atoms. The van der Waals surface area contributed by atoms with Gasteiger partial charge >= 0.3 is 49.1 Å². The first-order valence-corrected chi connectivity index (χ1v) is 8.52. The SMILES string of the molecule is [NH2][Pd]([NH2])([Cl])([Cl])[Cl]. The molecule has 0 saturated carbocycles. The van der Waals surface area contributed by atoms with Crippen molar-refractivity contribution < 1.29 is 11.7 Å². The first-order chi connectivity index (χ1) is 2.24. The molecule has 0 atom stereocenters. The molecule has 0 aliphatic carbocycles. The van der Waals surface area contributed by atoms with E-state index in [1.807, 2.05) is 0 Å². The molecule has 0 heterocycles. The standard InChI is InChI=1S/3ClH.2H2N.Pd/h3*1H;2*1H2;/q;;;2*-1;+5/p-3. The summed E-state index contributed by atoms with van der Waals surface area (Å²) >= 11 is -3.91. The Balaban J connectivity index is 3.73. The van der Waals surface area contributed by atoms with Crippen molar-refractivity contribution in [3.05, 3.63) is 0 Å². The Kier molecular flexibility index (Phi) is 1.82. The van der Waals surface area contributed by atoms with Crippen molar-refractivity contribution in [3.8, 4) is 0 Å². The molecule has 0 fully saturated rings. The van der Waals surface area contributed by atoms with Crippen LogP contribution in [0.25, 0.3) is 0 Å². The summed E-state index contributed by atoms with van der Waals surface area (Å²) in [7, 11) is 15.1.